The maximum Gasteiger partial charge on any atom is 0.254 e. The fraction of sp³-hybridized carbons (Fsp3) is 0.238. The number of hydrogen-bond acceptors (Lipinski definition) is 2. The van der Waals surface area contributed by atoms with Crippen LogP contribution in [0.4, 0.5) is 4.39 Å². The first-order chi connectivity index (χ1) is 12.1. The summed E-state index contributed by atoms with van der Waals surface area (Å²) in [6, 6.07) is 15.7. The van der Waals surface area contributed by atoms with Crippen LogP contribution in [-0.2, 0) is 0 Å². The van der Waals surface area contributed by atoms with Gasteiger partial charge in [-0.3, -0.25) is 4.79 Å². The van der Waals surface area contributed by atoms with E-state index in [1.165, 1.54) is 12.1 Å². The molecule has 1 aromatic heterocycles. The highest BCUT2D eigenvalue weighted by atomic mass is 19.1. The molecule has 3 nitrogen and oxygen atoms in total. The molecule has 0 aliphatic carbocycles. The Hall–Kier alpha value is -2.75. The molecule has 2 heterocycles. The predicted molar refractivity (Wildman–Crippen MR) is 96.8 cm³/mol. The Morgan fingerprint density at radius 3 is 2.64 bits per heavy atom. The number of amides is 1. The van der Waals surface area contributed by atoms with E-state index < -0.39 is 0 Å². The van der Waals surface area contributed by atoms with Gasteiger partial charge in [-0.2, -0.15) is 0 Å². The minimum absolute atomic E-state index is 0.0475. The van der Waals surface area contributed by atoms with Crippen molar-refractivity contribution in [3.8, 4) is 11.3 Å². The molecule has 1 atom stereocenters. The molecule has 2 aromatic carbocycles. The van der Waals surface area contributed by atoms with Gasteiger partial charge < -0.3 is 4.90 Å². The number of para-hydroxylation sites is 1. The first-order valence-electron chi connectivity index (χ1n) is 8.57. The second kappa shape index (κ2) is 6.28. The van der Waals surface area contributed by atoms with Crippen LogP contribution in [0.5, 0.6) is 0 Å². The van der Waals surface area contributed by atoms with E-state index in [-0.39, 0.29) is 11.7 Å². The van der Waals surface area contributed by atoms with Gasteiger partial charge in [0, 0.05) is 24.0 Å². The smallest absolute Gasteiger partial charge is 0.254 e. The highest BCUT2D eigenvalue weighted by molar-refractivity contribution is 6.07. The van der Waals surface area contributed by atoms with Crippen molar-refractivity contribution in [1.29, 1.82) is 0 Å². The molecule has 126 valence electrons. The molecule has 0 bridgehead atoms. The molecule has 0 spiro atoms. The number of pyridine rings is 1. The summed E-state index contributed by atoms with van der Waals surface area (Å²) in [4.78, 5) is 19.7. The summed E-state index contributed by atoms with van der Waals surface area (Å²) in [5.41, 5.74) is 2.93. The molecule has 1 saturated heterocycles. The molecule has 0 saturated carbocycles. The van der Waals surface area contributed by atoms with Crippen LogP contribution in [0.15, 0.2) is 54.6 Å². The van der Waals surface area contributed by atoms with Gasteiger partial charge in [0.1, 0.15) is 5.82 Å². The van der Waals surface area contributed by atoms with E-state index in [2.05, 4.69) is 11.9 Å². The first kappa shape index (κ1) is 15.8. The SMILES string of the molecule is CC1CCN(C(=O)c2cc(-c3ccc(F)cc3)nc3ccccc23)C1. The third kappa shape index (κ3) is 3.00. The lowest BCUT2D eigenvalue weighted by Crippen LogP contribution is -2.28. The number of aromatic nitrogens is 1. The second-order valence-corrected chi connectivity index (χ2v) is 6.72. The highest BCUT2D eigenvalue weighted by Crippen LogP contribution is 2.27. The molecular weight excluding hydrogens is 315 g/mol. The number of benzene rings is 2. The number of fused-ring (bicyclic) bond motifs is 1. The zero-order valence-corrected chi connectivity index (χ0v) is 14.1. The number of likely N-dealkylation sites (tertiary alicyclic amines) is 1. The molecule has 1 amide bonds. The van der Waals surface area contributed by atoms with Crippen molar-refractivity contribution in [2.45, 2.75) is 13.3 Å². The number of carbonyl (C=O) groups excluding carboxylic acids is 1. The van der Waals surface area contributed by atoms with Gasteiger partial charge in [-0.05, 0) is 48.7 Å². The average molecular weight is 334 g/mol. The van der Waals surface area contributed by atoms with Crippen LogP contribution >= 0.6 is 0 Å². The predicted octanol–water partition coefficient (Wildman–Crippen LogP) is 4.52. The van der Waals surface area contributed by atoms with Crippen LogP contribution < -0.4 is 0 Å². The Bertz CT molecular complexity index is 936. The van der Waals surface area contributed by atoms with E-state index in [1.807, 2.05) is 35.2 Å². The maximum absolute atomic E-state index is 13.2. The van der Waals surface area contributed by atoms with Crippen LogP contribution in [0.2, 0.25) is 0 Å². The fourth-order valence-electron chi connectivity index (χ4n) is 3.41. The Morgan fingerprint density at radius 1 is 1.16 bits per heavy atom. The molecule has 3 aromatic rings. The van der Waals surface area contributed by atoms with Gasteiger partial charge >= 0.3 is 0 Å². The molecular formula is C21H19FN2O. The van der Waals surface area contributed by atoms with Gasteiger partial charge in [0.05, 0.1) is 16.8 Å². The summed E-state index contributed by atoms with van der Waals surface area (Å²) in [6.07, 6.45) is 1.04. The Morgan fingerprint density at radius 2 is 1.92 bits per heavy atom. The van der Waals surface area contributed by atoms with E-state index in [0.717, 1.165) is 36.0 Å². The molecule has 25 heavy (non-hydrogen) atoms. The van der Waals surface area contributed by atoms with Crippen molar-refractivity contribution >= 4 is 16.8 Å². The number of rotatable bonds is 2. The molecule has 1 aliphatic heterocycles. The maximum atomic E-state index is 13.2. The monoisotopic (exact) mass is 334 g/mol. The highest BCUT2D eigenvalue weighted by Gasteiger charge is 2.26. The van der Waals surface area contributed by atoms with Gasteiger partial charge in [0.25, 0.3) is 5.91 Å². The summed E-state index contributed by atoms with van der Waals surface area (Å²) in [5, 5.41) is 0.859. The van der Waals surface area contributed by atoms with Gasteiger partial charge in [-0.15, -0.1) is 0 Å². The largest absolute Gasteiger partial charge is 0.338 e. The number of halogens is 1. The molecule has 0 N–H and O–H groups in total. The van der Waals surface area contributed by atoms with E-state index in [0.29, 0.717) is 17.2 Å². The Kier molecular flexibility index (Phi) is 3.96. The number of carbonyl (C=O) groups is 1. The number of nitrogens with zero attached hydrogens (tertiary/aromatic N) is 2. The van der Waals surface area contributed by atoms with Crippen LogP contribution in [0.1, 0.15) is 23.7 Å². The summed E-state index contributed by atoms with van der Waals surface area (Å²) in [6.45, 7) is 3.76. The van der Waals surface area contributed by atoms with Crippen molar-refractivity contribution in [3.05, 3.63) is 66.0 Å². The minimum Gasteiger partial charge on any atom is -0.338 e. The van der Waals surface area contributed by atoms with Crippen molar-refractivity contribution in [2.24, 2.45) is 5.92 Å². The van der Waals surface area contributed by atoms with E-state index in [9.17, 15) is 9.18 Å². The lowest BCUT2D eigenvalue weighted by atomic mass is 10.0. The topological polar surface area (TPSA) is 33.2 Å². The van der Waals surface area contributed by atoms with Crippen LogP contribution in [0, 0.1) is 11.7 Å². The van der Waals surface area contributed by atoms with Gasteiger partial charge in [-0.1, -0.05) is 25.1 Å². The minimum atomic E-state index is -0.285. The zero-order valence-electron chi connectivity index (χ0n) is 14.1. The fourth-order valence-corrected chi connectivity index (χ4v) is 3.41. The van der Waals surface area contributed by atoms with Crippen molar-refractivity contribution < 1.29 is 9.18 Å². The van der Waals surface area contributed by atoms with Crippen LogP contribution in [0.3, 0.4) is 0 Å². The van der Waals surface area contributed by atoms with E-state index >= 15 is 0 Å². The average Bonchev–Trinajstić information content (AvgIpc) is 3.07. The van der Waals surface area contributed by atoms with Crippen LogP contribution in [0.25, 0.3) is 22.2 Å². The third-order valence-electron chi connectivity index (χ3n) is 4.80. The zero-order chi connectivity index (χ0) is 17.4. The summed E-state index contributed by atoms with van der Waals surface area (Å²) >= 11 is 0. The standard InChI is InChI=1S/C21H19FN2O/c1-14-10-11-24(13-14)21(25)18-12-20(15-6-8-16(22)9-7-15)23-19-5-3-2-4-17(18)19/h2-9,12,14H,10-11,13H2,1H3. The molecule has 4 heteroatoms. The summed E-state index contributed by atoms with van der Waals surface area (Å²) in [5.74, 6) is 0.298. The van der Waals surface area contributed by atoms with Gasteiger partial charge in [-0.25, -0.2) is 9.37 Å². The van der Waals surface area contributed by atoms with E-state index in [1.54, 1.807) is 12.1 Å². The summed E-state index contributed by atoms with van der Waals surface area (Å²) < 4.78 is 13.2. The van der Waals surface area contributed by atoms with Crippen molar-refractivity contribution in [3.63, 3.8) is 0 Å². The summed E-state index contributed by atoms with van der Waals surface area (Å²) in [7, 11) is 0. The Balaban J connectivity index is 1.84. The normalized spacial score (nSPS) is 17.2. The van der Waals surface area contributed by atoms with Crippen molar-refractivity contribution in [1.82, 2.24) is 9.88 Å². The van der Waals surface area contributed by atoms with Gasteiger partial charge in [0.2, 0.25) is 0 Å². The van der Waals surface area contributed by atoms with E-state index in [4.69, 9.17) is 0 Å². The van der Waals surface area contributed by atoms with Crippen molar-refractivity contribution in [2.75, 3.05) is 13.1 Å². The molecule has 1 aliphatic rings. The quantitative estimate of drug-likeness (QED) is 0.690. The molecule has 1 unspecified atom stereocenters. The second-order valence-electron chi connectivity index (χ2n) is 6.72. The lowest BCUT2D eigenvalue weighted by molar-refractivity contribution is 0.0790. The molecule has 1 fully saturated rings. The molecule has 4 rings (SSSR count). The molecule has 0 radical (unpaired) electrons. The lowest BCUT2D eigenvalue weighted by Gasteiger charge is -2.18. The third-order valence-corrected chi connectivity index (χ3v) is 4.80. The Labute approximate surface area is 146 Å². The first-order valence-corrected chi connectivity index (χ1v) is 8.57. The number of hydrogen-bond donors (Lipinski definition) is 0. The van der Waals surface area contributed by atoms with Crippen LogP contribution in [-0.4, -0.2) is 28.9 Å². The van der Waals surface area contributed by atoms with Gasteiger partial charge in [0.15, 0.2) is 0 Å².